The minimum atomic E-state index is 0.836. The standard InChI is InChI=1S/C28H60N/c1-6-9-11-13-15-17-19-21-23-25-27-29(5,8-3)28(4)26-24-22-20-18-16-14-12-10-7-2/h28H,6-27H2,1-5H3/q+1. The summed E-state index contributed by atoms with van der Waals surface area (Å²) < 4.78 is 1.30. The Labute approximate surface area is 187 Å². The molecule has 1 heteroatoms. The Bertz CT molecular complexity index is 313. The Morgan fingerprint density at radius 1 is 0.483 bits per heavy atom. The third-order valence-corrected chi connectivity index (χ3v) is 7.53. The van der Waals surface area contributed by atoms with Gasteiger partial charge in [0.25, 0.3) is 0 Å². The first kappa shape index (κ1) is 29.0. The predicted octanol–water partition coefficient (Wildman–Crippen LogP) is 9.68. The number of rotatable bonds is 23. The van der Waals surface area contributed by atoms with Gasteiger partial charge < -0.3 is 4.48 Å². The van der Waals surface area contributed by atoms with E-state index in [1.165, 1.54) is 146 Å². The zero-order valence-electron chi connectivity index (χ0n) is 21.6. The largest absolute Gasteiger partial charge is 0.324 e. The van der Waals surface area contributed by atoms with Gasteiger partial charge >= 0.3 is 0 Å². The zero-order valence-corrected chi connectivity index (χ0v) is 21.6. The number of hydrogen-bond donors (Lipinski definition) is 0. The number of unbranched alkanes of at least 4 members (excludes halogenated alkanes) is 17. The van der Waals surface area contributed by atoms with Crippen LogP contribution in [0, 0.1) is 0 Å². The molecule has 0 N–H and O–H groups in total. The molecule has 176 valence electrons. The molecule has 0 heterocycles. The lowest BCUT2D eigenvalue weighted by atomic mass is 10.0. The van der Waals surface area contributed by atoms with Crippen LogP contribution < -0.4 is 0 Å². The third-order valence-electron chi connectivity index (χ3n) is 7.53. The SMILES string of the molecule is CCCCCCCCCCCC[N+](C)(CC)C(C)CCCCCCCCCCC. The molecular formula is C28H60N+. The van der Waals surface area contributed by atoms with Crippen LogP contribution in [0.2, 0.25) is 0 Å². The molecule has 0 saturated heterocycles. The molecule has 2 atom stereocenters. The molecule has 0 rings (SSSR count). The summed E-state index contributed by atoms with van der Waals surface area (Å²) in [4.78, 5) is 0. The van der Waals surface area contributed by atoms with E-state index in [2.05, 4.69) is 34.7 Å². The smallest absolute Gasteiger partial charge is 0.0859 e. The van der Waals surface area contributed by atoms with E-state index in [4.69, 9.17) is 0 Å². The van der Waals surface area contributed by atoms with E-state index in [-0.39, 0.29) is 0 Å². The molecule has 0 aliphatic carbocycles. The van der Waals surface area contributed by atoms with Gasteiger partial charge in [-0.3, -0.25) is 0 Å². The van der Waals surface area contributed by atoms with Crippen LogP contribution in [0.15, 0.2) is 0 Å². The van der Waals surface area contributed by atoms with Crippen LogP contribution >= 0.6 is 0 Å². The minimum absolute atomic E-state index is 0.836. The van der Waals surface area contributed by atoms with E-state index in [1.54, 1.807) is 0 Å². The van der Waals surface area contributed by atoms with Crippen LogP contribution in [0.3, 0.4) is 0 Å². The quantitative estimate of drug-likeness (QED) is 0.116. The van der Waals surface area contributed by atoms with Crippen molar-refractivity contribution < 1.29 is 4.48 Å². The lowest BCUT2D eigenvalue weighted by Crippen LogP contribution is -2.51. The van der Waals surface area contributed by atoms with Crippen molar-refractivity contribution in [2.45, 2.75) is 162 Å². The van der Waals surface area contributed by atoms with Crippen molar-refractivity contribution >= 4 is 0 Å². The third kappa shape index (κ3) is 17.3. The normalized spacial score (nSPS) is 14.8. The average Bonchev–Trinajstić information content (AvgIpc) is 2.73. The summed E-state index contributed by atoms with van der Waals surface area (Å²) in [6.45, 7) is 12.2. The number of hydrogen-bond acceptors (Lipinski definition) is 0. The Balaban J connectivity index is 3.67. The zero-order chi connectivity index (χ0) is 21.6. The fraction of sp³-hybridized carbons (Fsp3) is 1.00. The summed E-state index contributed by atoms with van der Waals surface area (Å²) in [5.74, 6) is 0. The van der Waals surface area contributed by atoms with E-state index in [9.17, 15) is 0 Å². The Morgan fingerprint density at radius 3 is 1.21 bits per heavy atom. The first-order valence-electron chi connectivity index (χ1n) is 13.9. The lowest BCUT2D eigenvalue weighted by molar-refractivity contribution is -0.930. The lowest BCUT2D eigenvalue weighted by Gasteiger charge is -2.39. The van der Waals surface area contributed by atoms with Crippen LogP contribution in [-0.4, -0.2) is 30.7 Å². The highest BCUT2D eigenvalue weighted by Crippen LogP contribution is 2.20. The van der Waals surface area contributed by atoms with Crippen LogP contribution in [0.1, 0.15) is 156 Å². The highest BCUT2D eigenvalue weighted by Gasteiger charge is 2.26. The molecule has 0 saturated carbocycles. The van der Waals surface area contributed by atoms with Gasteiger partial charge in [0, 0.05) is 0 Å². The average molecular weight is 411 g/mol. The molecule has 0 radical (unpaired) electrons. The molecule has 0 aromatic heterocycles. The van der Waals surface area contributed by atoms with Gasteiger partial charge in [0.15, 0.2) is 0 Å². The van der Waals surface area contributed by atoms with Gasteiger partial charge in [-0.05, 0) is 39.5 Å². The maximum Gasteiger partial charge on any atom is 0.0859 e. The highest BCUT2D eigenvalue weighted by molar-refractivity contribution is 4.56. The predicted molar refractivity (Wildman–Crippen MR) is 135 cm³/mol. The van der Waals surface area contributed by atoms with E-state index in [0.717, 1.165) is 6.04 Å². The van der Waals surface area contributed by atoms with Gasteiger partial charge in [-0.1, -0.05) is 117 Å². The van der Waals surface area contributed by atoms with Gasteiger partial charge in [0.2, 0.25) is 0 Å². The molecule has 2 unspecified atom stereocenters. The van der Waals surface area contributed by atoms with Crippen LogP contribution in [-0.2, 0) is 0 Å². The van der Waals surface area contributed by atoms with Crippen molar-refractivity contribution in [1.82, 2.24) is 0 Å². The maximum absolute atomic E-state index is 2.52. The van der Waals surface area contributed by atoms with E-state index in [0.29, 0.717) is 0 Å². The van der Waals surface area contributed by atoms with Crippen molar-refractivity contribution in [2.75, 3.05) is 20.1 Å². The Hall–Kier alpha value is -0.0400. The fourth-order valence-electron chi connectivity index (χ4n) is 4.71. The van der Waals surface area contributed by atoms with Gasteiger partial charge in [-0.15, -0.1) is 0 Å². The summed E-state index contributed by atoms with van der Waals surface area (Å²) >= 11 is 0. The molecule has 0 spiro atoms. The molecule has 1 nitrogen and oxygen atoms in total. The summed E-state index contributed by atoms with van der Waals surface area (Å²) in [5, 5.41) is 0. The monoisotopic (exact) mass is 410 g/mol. The molecule has 0 aromatic rings. The second-order valence-electron chi connectivity index (χ2n) is 10.2. The molecule has 0 aliphatic heterocycles. The van der Waals surface area contributed by atoms with Gasteiger partial charge in [0.05, 0.1) is 26.2 Å². The second kappa shape index (κ2) is 21.2. The van der Waals surface area contributed by atoms with Crippen molar-refractivity contribution in [1.29, 1.82) is 0 Å². The minimum Gasteiger partial charge on any atom is -0.324 e. The molecule has 0 aromatic carbocycles. The van der Waals surface area contributed by atoms with Crippen molar-refractivity contribution in [3.63, 3.8) is 0 Å². The van der Waals surface area contributed by atoms with E-state index in [1.807, 2.05) is 0 Å². The second-order valence-corrected chi connectivity index (χ2v) is 10.2. The topological polar surface area (TPSA) is 0 Å². The van der Waals surface area contributed by atoms with E-state index < -0.39 is 0 Å². The summed E-state index contributed by atoms with van der Waals surface area (Å²) in [7, 11) is 2.52. The Kier molecular flexibility index (Phi) is 21.2. The molecule has 0 aliphatic rings. The molecule has 29 heavy (non-hydrogen) atoms. The van der Waals surface area contributed by atoms with Gasteiger partial charge in [-0.25, -0.2) is 0 Å². The highest BCUT2D eigenvalue weighted by atomic mass is 15.3. The maximum atomic E-state index is 2.52. The molecular weight excluding hydrogens is 350 g/mol. The molecule has 0 amide bonds. The molecule has 0 fully saturated rings. The van der Waals surface area contributed by atoms with Crippen LogP contribution in [0.4, 0.5) is 0 Å². The van der Waals surface area contributed by atoms with Gasteiger partial charge in [-0.2, -0.15) is 0 Å². The summed E-state index contributed by atoms with van der Waals surface area (Å²) in [6, 6.07) is 0.836. The van der Waals surface area contributed by atoms with Crippen LogP contribution in [0.5, 0.6) is 0 Å². The van der Waals surface area contributed by atoms with Crippen molar-refractivity contribution in [3.8, 4) is 0 Å². The fourth-order valence-corrected chi connectivity index (χ4v) is 4.71. The van der Waals surface area contributed by atoms with Crippen molar-refractivity contribution in [3.05, 3.63) is 0 Å². The van der Waals surface area contributed by atoms with Crippen molar-refractivity contribution in [2.24, 2.45) is 0 Å². The number of nitrogens with zero attached hydrogens (tertiary/aromatic N) is 1. The summed E-state index contributed by atoms with van der Waals surface area (Å²) in [6.07, 6.45) is 28.9. The first-order valence-corrected chi connectivity index (χ1v) is 13.9. The molecule has 0 bridgehead atoms. The summed E-state index contributed by atoms with van der Waals surface area (Å²) in [5.41, 5.74) is 0. The Morgan fingerprint density at radius 2 is 0.828 bits per heavy atom. The van der Waals surface area contributed by atoms with Crippen LogP contribution in [0.25, 0.3) is 0 Å². The number of quaternary nitrogens is 1. The van der Waals surface area contributed by atoms with E-state index >= 15 is 0 Å². The first-order chi connectivity index (χ1) is 14.1. The van der Waals surface area contributed by atoms with Gasteiger partial charge in [0.1, 0.15) is 0 Å².